The Bertz CT molecular complexity index is 953. The topological polar surface area (TPSA) is 49.0 Å². The third-order valence-electron chi connectivity index (χ3n) is 5.04. The van der Waals surface area contributed by atoms with Crippen LogP contribution in [-0.4, -0.2) is 22.4 Å². The van der Waals surface area contributed by atoms with E-state index in [2.05, 4.69) is 11.5 Å². The van der Waals surface area contributed by atoms with Crippen LogP contribution >= 0.6 is 0 Å². The number of nitriles is 1. The van der Waals surface area contributed by atoms with Gasteiger partial charge in [-0.05, 0) is 62.6 Å². The minimum Gasteiger partial charge on any atom is -0.349 e. The normalized spacial score (nSPS) is 12.6. The lowest BCUT2D eigenvalue weighted by molar-refractivity contribution is -0.127. The number of benzene rings is 1. The fourth-order valence-corrected chi connectivity index (χ4v) is 3.20. The molecule has 0 bridgehead atoms. The maximum Gasteiger partial charge on any atom is 0.264 e. The minimum absolute atomic E-state index is 0.00585. The van der Waals surface area contributed by atoms with Gasteiger partial charge in [0.1, 0.15) is 11.6 Å². The second-order valence-corrected chi connectivity index (χ2v) is 6.91. The van der Waals surface area contributed by atoms with Crippen molar-refractivity contribution in [3.8, 4) is 6.07 Å². The van der Waals surface area contributed by atoms with Crippen LogP contribution < -0.4 is 0 Å². The van der Waals surface area contributed by atoms with Gasteiger partial charge in [-0.15, -0.1) is 0 Å². The molecule has 1 heterocycles. The van der Waals surface area contributed by atoms with E-state index in [1.165, 1.54) is 11.0 Å². The molecule has 1 aromatic heterocycles. The minimum atomic E-state index is -0.968. The first kappa shape index (κ1) is 21.4. The lowest BCUT2D eigenvalue weighted by Gasteiger charge is -2.25. The average Bonchev–Trinajstić information content (AvgIpc) is 2.94. The number of carbonyl (C=O) groups is 1. The van der Waals surface area contributed by atoms with Gasteiger partial charge in [0.15, 0.2) is 11.6 Å². The van der Waals surface area contributed by atoms with E-state index in [4.69, 9.17) is 0 Å². The third-order valence-corrected chi connectivity index (χ3v) is 5.04. The zero-order chi connectivity index (χ0) is 21.0. The van der Waals surface area contributed by atoms with Crippen LogP contribution in [0.15, 0.2) is 29.8 Å². The highest BCUT2D eigenvalue weighted by Crippen LogP contribution is 2.24. The number of likely N-dealkylation sites (N-methyl/N-ethyl adjacent to an activating group) is 1. The van der Waals surface area contributed by atoms with Gasteiger partial charge in [0.2, 0.25) is 0 Å². The molecule has 0 saturated carbocycles. The Labute approximate surface area is 164 Å². The first-order valence-electron chi connectivity index (χ1n) is 9.21. The molecule has 1 amide bonds. The molecule has 4 nitrogen and oxygen atoms in total. The standard InChI is InChI=1S/C22H25F2N3O/c1-6-9-27-14(2)10-18(16(27)4)11-19(13-25)22(28)26(5)15(3)17-7-8-20(23)21(24)12-17/h7-8,10-12,15H,6,9H2,1-5H3/b19-11+. The summed E-state index contributed by atoms with van der Waals surface area (Å²) in [7, 11) is 1.54. The van der Waals surface area contributed by atoms with E-state index < -0.39 is 23.6 Å². The van der Waals surface area contributed by atoms with E-state index in [9.17, 15) is 18.8 Å². The molecule has 28 heavy (non-hydrogen) atoms. The number of amides is 1. The maximum absolute atomic E-state index is 13.5. The summed E-state index contributed by atoms with van der Waals surface area (Å²) < 4.78 is 28.8. The molecule has 0 N–H and O–H groups in total. The van der Waals surface area contributed by atoms with Gasteiger partial charge in [-0.25, -0.2) is 8.78 Å². The van der Waals surface area contributed by atoms with E-state index in [0.717, 1.165) is 42.0 Å². The van der Waals surface area contributed by atoms with Crippen LogP contribution in [0.5, 0.6) is 0 Å². The number of hydrogen-bond acceptors (Lipinski definition) is 2. The van der Waals surface area contributed by atoms with Crippen LogP contribution in [0.25, 0.3) is 6.08 Å². The molecule has 6 heteroatoms. The van der Waals surface area contributed by atoms with E-state index in [1.54, 1.807) is 20.0 Å². The SMILES string of the molecule is CCCn1c(C)cc(/C=C(\C#N)C(=O)N(C)C(C)c2ccc(F)c(F)c2)c1C. The van der Waals surface area contributed by atoms with E-state index in [-0.39, 0.29) is 5.57 Å². The third kappa shape index (κ3) is 4.30. The number of halogens is 2. The molecule has 148 valence electrons. The van der Waals surface area contributed by atoms with Gasteiger partial charge in [-0.2, -0.15) is 5.26 Å². The molecule has 0 aliphatic heterocycles. The first-order valence-corrected chi connectivity index (χ1v) is 9.21. The first-order chi connectivity index (χ1) is 13.2. The summed E-state index contributed by atoms with van der Waals surface area (Å²) in [5.74, 6) is -2.38. The Morgan fingerprint density at radius 2 is 1.96 bits per heavy atom. The van der Waals surface area contributed by atoms with E-state index >= 15 is 0 Å². The zero-order valence-electron chi connectivity index (χ0n) is 16.9. The van der Waals surface area contributed by atoms with E-state index in [0.29, 0.717) is 5.56 Å². The van der Waals surface area contributed by atoms with Crippen molar-refractivity contribution >= 4 is 12.0 Å². The van der Waals surface area contributed by atoms with Gasteiger partial charge >= 0.3 is 0 Å². The van der Waals surface area contributed by atoms with Crippen molar-refractivity contribution < 1.29 is 13.6 Å². The molecule has 0 fully saturated rings. The number of aryl methyl sites for hydroxylation is 1. The van der Waals surface area contributed by atoms with Crippen molar-refractivity contribution in [1.82, 2.24) is 9.47 Å². The Morgan fingerprint density at radius 3 is 2.54 bits per heavy atom. The summed E-state index contributed by atoms with van der Waals surface area (Å²) in [6.07, 6.45) is 2.57. The quantitative estimate of drug-likeness (QED) is 0.523. The summed E-state index contributed by atoms with van der Waals surface area (Å²) >= 11 is 0. The molecular formula is C22H25F2N3O. The fraction of sp³-hybridized carbons (Fsp3) is 0.364. The van der Waals surface area contributed by atoms with Gasteiger partial charge < -0.3 is 9.47 Å². The molecule has 0 spiro atoms. The van der Waals surface area contributed by atoms with Crippen LogP contribution in [0.3, 0.4) is 0 Å². The van der Waals surface area contributed by atoms with Crippen molar-refractivity contribution in [2.45, 2.75) is 46.7 Å². The Kier molecular flexibility index (Phi) is 6.74. The van der Waals surface area contributed by atoms with Crippen LogP contribution in [0.1, 0.15) is 48.8 Å². The molecule has 0 aliphatic rings. The monoisotopic (exact) mass is 385 g/mol. The summed E-state index contributed by atoms with van der Waals surface area (Å²) in [6, 6.07) is 6.93. The molecule has 1 unspecified atom stereocenters. The Balaban J connectivity index is 2.32. The van der Waals surface area contributed by atoms with Crippen molar-refractivity contribution in [2.24, 2.45) is 0 Å². The smallest absolute Gasteiger partial charge is 0.264 e. The molecule has 0 radical (unpaired) electrons. The van der Waals surface area contributed by atoms with Crippen molar-refractivity contribution in [3.05, 3.63) is 64.0 Å². The van der Waals surface area contributed by atoms with Gasteiger partial charge in [0.25, 0.3) is 5.91 Å². The highest BCUT2D eigenvalue weighted by atomic mass is 19.2. The second kappa shape index (κ2) is 8.83. The average molecular weight is 385 g/mol. The highest BCUT2D eigenvalue weighted by molar-refractivity contribution is 6.01. The number of nitrogens with zero attached hydrogens (tertiary/aromatic N) is 3. The van der Waals surface area contributed by atoms with Crippen LogP contribution in [0, 0.1) is 36.8 Å². The molecule has 0 aliphatic carbocycles. The predicted molar refractivity (Wildman–Crippen MR) is 105 cm³/mol. The Morgan fingerprint density at radius 1 is 1.29 bits per heavy atom. The zero-order valence-corrected chi connectivity index (χ0v) is 16.9. The Hall–Kier alpha value is -2.94. The second-order valence-electron chi connectivity index (χ2n) is 6.91. The predicted octanol–water partition coefficient (Wildman–Crippen LogP) is 4.92. The van der Waals surface area contributed by atoms with Gasteiger partial charge in [0, 0.05) is 25.0 Å². The highest BCUT2D eigenvalue weighted by Gasteiger charge is 2.22. The van der Waals surface area contributed by atoms with Crippen LogP contribution in [-0.2, 0) is 11.3 Å². The summed E-state index contributed by atoms with van der Waals surface area (Å²) in [6.45, 7) is 8.61. The molecule has 0 saturated heterocycles. The van der Waals surface area contributed by atoms with Gasteiger partial charge in [0.05, 0.1) is 6.04 Å². The molecule has 2 aromatic rings. The number of aromatic nitrogens is 1. The fourth-order valence-electron chi connectivity index (χ4n) is 3.20. The van der Waals surface area contributed by atoms with Crippen molar-refractivity contribution in [2.75, 3.05) is 7.05 Å². The van der Waals surface area contributed by atoms with Crippen LogP contribution in [0.2, 0.25) is 0 Å². The van der Waals surface area contributed by atoms with E-state index in [1.807, 2.05) is 26.0 Å². The van der Waals surface area contributed by atoms with Gasteiger partial charge in [-0.3, -0.25) is 4.79 Å². The van der Waals surface area contributed by atoms with Crippen LogP contribution in [0.4, 0.5) is 8.78 Å². The lowest BCUT2D eigenvalue weighted by Crippen LogP contribution is -2.30. The summed E-state index contributed by atoms with van der Waals surface area (Å²) in [5, 5.41) is 9.53. The number of rotatable bonds is 6. The van der Waals surface area contributed by atoms with Gasteiger partial charge in [-0.1, -0.05) is 13.0 Å². The molecular weight excluding hydrogens is 360 g/mol. The molecule has 1 aromatic carbocycles. The summed E-state index contributed by atoms with van der Waals surface area (Å²) in [4.78, 5) is 14.2. The largest absolute Gasteiger partial charge is 0.349 e. The maximum atomic E-state index is 13.5. The number of carbonyl (C=O) groups excluding carboxylic acids is 1. The molecule has 1 atom stereocenters. The molecule has 2 rings (SSSR count). The number of hydrogen-bond donors (Lipinski definition) is 0. The van der Waals surface area contributed by atoms with Crippen molar-refractivity contribution in [1.29, 1.82) is 5.26 Å². The van der Waals surface area contributed by atoms with Crippen molar-refractivity contribution in [3.63, 3.8) is 0 Å². The summed E-state index contributed by atoms with van der Waals surface area (Å²) in [5.41, 5.74) is 3.33. The lowest BCUT2D eigenvalue weighted by atomic mass is 10.1.